The van der Waals surface area contributed by atoms with Crippen LogP contribution in [0.3, 0.4) is 0 Å². The number of para-hydroxylation sites is 1. The third kappa shape index (κ3) is 3.69. The molecule has 1 aliphatic heterocycles. The second-order valence-corrected chi connectivity index (χ2v) is 10.00. The minimum Gasteiger partial charge on any atom is -0.334 e. The monoisotopic (exact) mass is 439 g/mol. The maximum absolute atomic E-state index is 13.3. The predicted octanol–water partition coefficient (Wildman–Crippen LogP) is 5.03. The molecule has 2 aromatic heterocycles. The van der Waals surface area contributed by atoms with Crippen LogP contribution in [0.15, 0.2) is 51.7 Å². The minimum atomic E-state index is 0.0279. The summed E-state index contributed by atoms with van der Waals surface area (Å²) in [5.41, 5.74) is 0.740. The zero-order valence-corrected chi connectivity index (χ0v) is 18.5. The lowest BCUT2D eigenvalue weighted by Gasteiger charge is -2.24. The molecule has 0 radical (unpaired) electrons. The lowest BCUT2D eigenvalue weighted by atomic mass is 10.2. The molecule has 1 atom stereocenters. The van der Waals surface area contributed by atoms with Crippen molar-refractivity contribution in [3.8, 4) is 0 Å². The molecule has 0 unspecified atom stereocenters. The van der Waals surface area contributed by atoms with Crippen molar-refractivity contribution in [1.82, 2.24) is 14.5 Å². The standard InChI is InChI=1S/C23H25N3O2S2/c27-21(25-13-5-11-19(25)20-12-6-14-29-20)15-30-23-24-18-10-4-3-9-17(18)22(28)26(23)16-7-1-2-8-16/h3-4,6,9-10,12,14,16,19H,1-2,5,7-8,11,13,15H2/t19-/m0/s1. The van der Waals surface area contributed by atoms with Gasteiger partial charge in [0.2, 0.25) is 5.91 Å². The second kappa shape index (κ2) is 8.55. The lowest BCUT2D eigenvalue weighted by Crippen LogP contribution is -2.32. The summed E-state index contributed by atoms with van der Waals surface area (Å²) in [5, 5.41) is 3.42. The number of benzene rings is 1. The van der Waals surface area contributed by atoms with Crippen LogP contribution in [-0.4, -0.2) is 32.7 Å². The van der Waals surface area contributed by atoms with Crippen molar-refractivity contribution in [2.24, 2.45) is 0 Å². The van der Waals surface area contributed by atoms with Crippen molar-refractivity contribution in [2.75, 3.05) is 12.3 Å². The number of amides is 1. The number of rotatable bonds is 5. The first-order chi connectivity index (χ1) is 14.7. The van der Waals surface area contributed by atoms with Crippen molar-refractivity contribution in [2.45, 2.75) is 55.8 Å². The Balaban J connectivity index is 1.41. The molecular formula is C23H25N3O2S2. The number of thioether (sulfide) groups is 1. The topological polar surface area (TPSA) is 55.2 Å². The molecule has 5 rings (SSSR count). The Kier molecular flexibility index (Phi) is 5.65. The molecule has 0 bridgehead atoms. The normalized spacial score (nSPS) is 19.7. The molecule has 1 saturated heterocycles. The summed E-state index contributed by atoms with van der Waals surface area (Å²) < 4.78 is 1.87. The second-order valence-electron chi connectivity index (χ2n) is 8.07. The van der Waals surface area contributed by atoms with E-state index >= 15 is 0 Å². The average Bonchev–Trinajstić information content (AvgIpc) is 3.54. The van der Waals surface area contributed by atoms with Gasteiger partial charge in [0, 0.05) is 17.5 Å². The van der Waals surface area contributed by atoms with Crippen LogP contribution in [0.5, 0.6) is 0 Å². The number of carbonyl (C=O) groups excluding carboxylic acids is 1. The van der Waals surface area contributed by atoms with Crippen molar-refractivity contribution in [1.29, 1.82) is 0 Å². The average molecular weight is 440 g/mol. The van der Waals surface area contributed by atoms with Gasteiger partial charge in [-0.3, -0.25) is 14.2 Å². The van der Waals surface area contributed by atoms with Crippen molar-refractivity contribution >= 4 is 39.9 Å². The first-order valence-corrected chi connectivity index (χ1v) is 12.6. The van der Waals surface area contributed by atoms with E-state index in [0.717, 1.165) is 45.1 Å². The van der Waals surface area contributed by atoms with Crippen LogP contribution in [0, 0.1) is 0 Å². The molecule has 1 aromatic carbocycles. The summed E-state index contributed by atoms with van der Waals surface area (Å²) in [6, 6.07) is 12.1. The maximum atomic E-state index is 13.3. The molecule has 7 heteroatoms. The van der Waals surface area contributed by atoms with Gasteiger partial charge in [0.1, 0.15) is 0 Å². The van der Waals surface area contributed by atoms with Crippen molar-refractivity contribution in [3.63, 3.8) is 0 Å². The van der Waals surface area contributed by atoms with Gasteiger partial charge in [-0.1, -0.05) is 42.8 Å². The highest BCUT2D eigenvalue weighted by atomic mass is 32.2. The van der Waals surface area contributed by atoms with Crippen LogP contribution in [0.25, 0.3) is 10.9 Å². The number of hydrogen-bond acceptors (Lipinski definition) is 5. The number of carbonyl (C=O) groups is 1. The van der Waals surface area contributed by atoms with E-state index in [1.807, 2.05) is 33.7 Å². The zero-order chi connectivity index (χ0) is 20.5. The summed E-state index contributed by atoms with van der Waals surface area (Å²) in [6.07, 6.45) is 6.37. The lowest BCUT2D eigenvalue weighted by molar-refractivity contribution is -0.129. The highest BCUT2D eigenvalue weighted by Crippen LogP contribution is 2.36. The Bertz CT molecular complexity index is 1100. The van der Waals surface area contributed by atoms with Gasteiger partial charge >= 0.3 is 0 Å². The third-order valence-electron chi connectivity index (χ3n) is 6.23. The molecule has 2 aliphatic rings. The first kappa shape index (κ1) is 19.8. The highest BCUT2D eigenvalue weighted by molar-refractivity contribution is 7.99. The summed E-state index contributed by atoms with van der Waals surface area (Å²) in [4.78, 5) is 34.4. The van der Waals surface area contributed by atoms with E-state index in [2.05, 4.69) is 17.5 Å². The maximum Gasteiger partial charge on any atom is 0.262 e. The Labute approximate surface area is 184 Å². The van der Waals surface area contributed by atoms with E-state index in [9.17, 15) is 9.59 Å². The molecule has 3 heterocycles. The Morgan fingerprint density at radius 1 is 1.10 bits per heavy atom. The van der Waals surface area contributed by atoms with Gasteiger partial charge < -0.3 is 4.90 Å². The van der Waals surface area contributed by atoms with Crippen LogP contribution >= 0.6 is 23.1 Å². The van der Waals surface area contributed by atoms with Crippen LogP contribution < -0.4 is 5.56 Å². The molecule has 1 saturated carbocycles. The molecule has 2 fully saturated rings. The summed E-state index contributed by atoms with van der Waals surface area (Å²) in [7, 11) is 0. The van der Waals surface area contributed by atoms with Gasteiger partial charge in [-0.05, 0) is 49.3 Å². The largest absolute Gasteiger partial charge is 0.334 e. The molecule has 3 aromatic rings. The fourth-order valence-corrected chi connectivity index (χ4v) is 6.59. The van der Waals surface area contributed by atoms with Gasteiger partial charge in [0.25, 0.3) is 5.56 Å². The molecule has 0 N–H and O–H groups in total. The van der Waals surface area contributed by atoms with Crippen LogP contribution in [0.1, 0.15) is 55.5 Å². The predicted molar refractivity (Wildman–Crippen MR) is 122 cm³/mol. The number of fused-ring (bicyclic) bond motifs is 1. The van der Waals surface area contributed by atoms with Gasteiger partial charge in [-0.2, -0.15) is 0 Å². The third-order valence-corrected chi connectivity index (χ3v) is 8.15. The van der Waals surface area contributed by atoms with Gasteiger partial charge in [0.15, 0.2) is 5.16 Å². The van der Waals surface area contributed by atoms with Crippen LogP contribution in [0.4, 0.5) is 0 Å². The Hall–Kier alpha value is -2.12. The highest BCUT2D eigenvalue weighted by Gasteiger charge is 2.31. The van der Waals surface area contributed by atoms with Crippen LogP contribution in [-0.2, 0) is 4.79 Å². The molecule has 1 amide bonds. The smallest absolute Gasteiger partial charge is 0.262 e. The minimum absolute atomic E-state index is 0.0279. The fourth-order valence-electron chi connectivity index (χ4n) is 4.76. The molecule has 30 heavy (non-hydrogen) atoms. The molecule has 1 aliphatic carbocycles. The number of hydrogen-bond donors (Lipinski definition) is 0. The Morgan fingerprint density at radius 3 is 2.73 bits per heavy atom. The zero-order valence-electron chi connectivity index (χ0n) is 16.8. The van der Waals surface area contributed by atoms with Crippen molar-refractivity contribution < 1.29 is 4.79 Å². The summed E-state index contributed by atoms with van der Waals surface area (Å²) >= 11 is 3.14. The van der Waals surface area contributed by atoms with E-state index in [4.69, 9.17) is 4.98 Å². The van der Waals surface area contributed by atoms with Gasteiger partial charge in [0.05, 0.1) is 22.7 Å². The van der Waals surface area contributed by atoms with E-state index in [1.54, 1.807) is 11.3 Å². The molecule has 5 nitrogen and oxygen atoms in total. The van der Waals surface area contributed by atoms with Gasteiger partial charge in [-0.25, -0.2) is 4.98 Å². The fraction of sp³-hybridized carbons (Fsp3) is 0.435. The van der Waals surface area contributed by atoms with Crippen molar-refractivity contribution in [3.05, 3.63) is 57.0 Å². The number of thiophene rings is 1. The number of nitrogens with zero attached hydrogens (tertiary/aromatic N) is 3. The SMILES string of the molecule is O=C(CSc1nc2ccccc2c(=O)n1C1CCCC1)N1CCC[C@H]1c1cccs1. The quantitative estimate of drug-likeness (QED) is 0.413. The van der Waals surface area contributed by atoms with Gasteiger partial charge in [-0.15, -0.1) is 11.3 Å². The first-order valence-electron chi connectivity index (χ1n) is 10.7. The van der Waals surface area contributed by atoms with Crippen LogP contribution in [0.2, 0.25) is 0 Å². The molecule has 156 valence electrons. The molecular weight excluding hydrogens is 414 g/mol. The van der Waals surface area contributed by atoms with E-state index in [0.29, 0.717) is 21.8 Å². The van der Waals surface area contributed by atoms with E-state index in [-0.39, 0.29) is 23.6 Å². The summed E-state index contributed by atoms with van der Waals surface area (Å²) in [6.45, 7) is 0.808. The Morgan fingerprint density at radius 2 is 1.93 bits per heavy atom. The summed E-state index contributed by atoms with van der Waals surface area (Å²) in [5.74, 6) is 0.454. The number of likely N-dealkylation sites (tertiary alicyclic amines) is 1. The van der Waals surface area contributed by atoms with E-state index < -0.39 is 0 Å². The number of aromatic nitrogens is 2. The van der Waals surface area contributed by atoms with E-state index in [1.165, 1.54) is 16.6 Å². The molecule has 0 spiro atoms.